The summed E-state index contributed by atoms with van der Waals surface area (Å²) in [6.07, 6.45) is 1.54. The molecule has 2 heterocycles. The number of halogens is 3. The first-order chi connectivity index (χ1) is 15.7. The predicted molar refractivity (Wildman–Crippen MR) is 133 cm³/mol. The zero-order valence-electron chi connectivity index (χ0n) is 17.4. The standard InChI is InChI=1S/C23H17BrCl2N2O4S/c1-3-32-22(31)18-11(2)27-23-28(19(18)14-6-4-5-7-15(14)25)21(30)17(33-23)9-12-8-13(24)10-16(26)20(12)29/h4-10,19,29H,3H2,1-2H3/b17-9-. The van der Waals surface area contributed by atoms with Crippen LogP contribution in [0, 0.1) is 0 Å². The highest BCUT2D eigenvalue weighted by molar-refractivity contribution is 9.10. The van der Waals surface area contributed by atoms with Crippen molar-refractivity contribution in [1.29, 1.82) is 0 Å². The summed E-state index contributed by atoms with van der Waals surface area (Å²) >= 11 is 17.0. The lowest BCUT2D eigenvalue weighted by molar-refractivity contribution is -0.139. The van der Waals surface area contributed by atoms with E-state index in [1.165, 1.54) is 4.57 Å². The van der Waals surface area contributed by atoms with Gasteiger partial charge in [0.2, 0.25) is 0 Å². The second-order valence-electron chi connectivity index (χ2n) is 7.15. The van der Waals surface area contributed by atoms with Crippen molar-refractivity contribution in [2.75, 3.05) is 6.61 Å². The van der Waals surface area contributed by atoms with Crippen LogP contribution in [0.3, 0.4) is 0 Å². The number of phenols is 1. The Morgan fingerprint density at radius 1 is 1.30 bits per heavy atom. The van der Waals surface area contributed by atoms with Gasteiger partial charge in [-0.1, -0.05) is 68.7 Å². The normalized spacial score (nSPS) is 15.9. The maximum atomic E-state index is 13.6. The minimum absolute atomic E-state index is 0.142. The molecule has 1 unspecified atom stereocenters. The van der Waals surface area contributed by atoms with Gasteiger partial charge in [-0.15, -0.1) is 0 Å². The molecule has 0 amide bonds. The summed E-state index contributed by atoms with van der Waals surface area (Å²) in [7, 11) is 0. The number of hydrogen-bond acceptors (Lipinski definition) is 6. The van der Waals surface area contributed by atoms with E-state index in [1.54, 1.807) is 56.3 Å². The Balaban J connectivity index is 2.01. The van der Waals surface area contributed by atoms with Gasteiger partial charge in [-0.2, -0.15) is 0 Å². The van der Waals surface area contributed by atoms with Crippen LogP contribution in [0.1, 0.15) is 31.0 Å². The van der Waals surface area contributed by atoms with E-state index in [0.29, 0.717) is 35.7 Å². The van der Waals surface area contributed by atoms with Crippen molar-refractivity contribution in [3.05, 3.63) is 93.0 Å². The molecule has 2 aromatic carbocycles. The minimum Gasteiger partial charge on any atom is -0.506 e. The van der Waals surface area contributed by atoms with Crippen molar-refractivity contribution in [3.63, 3.8) is 0 Å². The summed E-state index contributed by atoms with van der Waals surface area (Å²) in [5, 5.41) is 10.9. The van der Waals surface area contributed by atoms with Gasteiger partial charge in [0, 0.05) is 15.1 Å². The number of nitrogens with zero attached hydrogens (tertiary/aromatic N) is 2. The lowest BCUT2D eigenvalue weighted by Crippen LogP contribution is -2.40. The maximum Gasteiger partial charge on any atom is 0.338 e. The van der Waals surface area contributed by atoms with Crippen LogP contribution in [-0.4, -0.2) is 22.2 Å². The van der Waals surface area contributed by atoms with Crippen molar-refractivity contribution in [3.8, 4) is 5.75 Å². The molecule has 170 valence electrons. The molecule has 1 aliphatic heterocycles. The monoisotopic (exact) mass is 566 g/mol. The molecule has 1 N–H and O–H groups in total. The molecule has 33 heavy (non-hydrogen) atoms. The molecule has 0 saturated heterocycles. The Kier molecular flexibility index (Phi) is 6.81. The van der Waals surface area contributed by atoms with E-state index in [9.17, 15) is 14.7 Å². The van der Waals surface area contributed by atoms with Crippen LogP contribution >= 0.6 is 50.5 Å². The van der Waals surface area contributed by atoms with Crippen molar-refractivity contribution >= 4 is 62.5 Å². The van der Waals surface area contributed by atoms with Crippen LogP contribution in [0.4, 0.5) is 0 Å². The first kappa shape index (κ1) is 23.8. The third-order valence-corrected chi connectivity index (χ3v) is 7.13. The number of thiazole rings is 1. The van der Waals surface area contributed by atoms with E-state index in [4.69, 9.17) is 27.9 Å². The number of phenolic OH excluding ortho intramolecular Hbond substituents is 1. The smallest absolute Gasteiger partial charge is 0.338 e. The number of carbonyl (C=O) groups excluding carboxylic acids is 1. The van der Waals surface area contributed by atoms with Crippen LogP contribution in [0.25, 0.3) is 6.08 Å². The fraction of sp³-hybridized carbons (Fsp3) is 0.174. The summed E-state index contributed by atoms with van der Waals surface area (Å²) in [6.45, 7) is 3.59. The summed E-state index contributed by atoms with van der Waals surface area (Å²) in [5.41, 5.74) is 1.26. The highest BCUT2D eigenvalue weighted by Gasteiger charge is 2.34. The van der Waals surface area contributed by atoms with Crippen molar-refractivity contribution in [2.24, 2.45) is 4.99 Å². The van der Waals surface area contributed by atoms with Crippen LogP contribution in [0.15, 0.2) is 61.9 Å². The summed E-state index contributed by atoms with van der Waals surface area (Å²) in [4.78, 5) is 31.4. The molecule has 1 aliphatic rings. The first-order valence-corrected chi connectivity index (χ1v) is 12.2. The van der Waals surface area contributed by atoms with Crippen LogP contribution in [0.5, 0.6) is 5.75 Å². The molecular weight excluding hydrogens is 551 g/mol. The van der Waals surface area contributed by atoms with E-state index in [-0.39, 0.29) is 28.5 Å². The molecule has 0 spiro atoms. The van der Waals surface area contributed by atoms with Gasteiger partial charge in [-0.25, -0.2) is 9.79 Å². The summed E-state index contributed by atoms with van der Waals surface area (Å²) in [6, 6.07) is 9.43. The SMILES string of the molecule is CCOC(=O)C1=C(C)N=c2s/c(=C\c3cc(Br)cc(Cl)c3O)c(=O)n2C1c1ccccc1Cl. The predicted octanol–water partition coefficient (Wildman–Crippen LogP) is 4.57. The Bertz CT molecular complexity index is 1490. The fourth-order valence-corrected chi connectivity index (χ4v) is 5.73. The number of fused-ring (bicyclic) bond motifs is 1. The van der Waals surface area contributed by atoms with Crippen LogP contribution in [0.2, 0.25) is 10.0 Å². The molecule has 0 radical (unpaired) electrons. The first-order valence-electron chi connectivity index (χ1n) is 9.85. The zero-order chi connectivity index (χ0) is 23.9. The second kappa shape index (κ2) is 9.46. The highest BCUT2D eigenvalue weighted by Crippen LogP contribution is 2.35. The quantitative estimate of drug-likeness (QED) is 0.468. The van der Waals surface area contributed by atoms with Gasteiger partial charge >= 0.3 is 5.97 Å². The molecular formula is C23H17BrCl2N2O4S. The highest BCUT2D eigenvalue weighted by atomic mass is 79.9. The number of carbonyl (C=O) groups is 1. The lowest BCUT2D eigenvalue weighted by atomic mass is 9.96. The van der Waals surface area contributed by atoms with Gasteiger partial charge in [-0.3, -0.25) is 9.36 Å². The average Bonchev–Trinajstić information content (AvgIpc) is 3.06. The largest absolute Gasteiger partial charge is 0.506 e. The lowest BCUT2D eigenvalue weighted by Gasteiger charge is -2.25. The van der Waals surface area contributed by atoms with Gasteiger partial charge in [0.15, 0.2) is 4.80 Å². The Morgan fingerprint density at radius 2 is 2.03 bits per heavy atom. The van der Waals surface area contributed by atoms with Gasteiger partial charge in [0.1, 0.15) is 11.8 Å². The molecule has 0 saturated carbocycles. The summed E-state index contributed by atoms with van der Waals surface area (Å²) in [5.74, 6) is -0.703. The molecule has 1 atom stereocenters. The summed E-state index contributed by atoms with van der Waals surface area (Å²) < 4.78 is 7.67. The second-order valence-corrected chi connectivity index (χ2v) is 9.89. The van der Waals surface area contributed by atoms with Crippen molar-refractivity contribution in [1.82, 2.24) is 4.57 Å². The molecule has 4 rings (SSSR count). The van der Waals surface area contributed by atoms with Crippen LogP contribution < -0.4 is 14.9 Å². The number of allylic oxidation sites excluding steroid dienone is 1. The number of ether oxygens (including phenoxy) is 1. The molecule has 0 bridgehead atoms. The topological polar surface area (TPSA) is 80.9 Å². The van der Waals surface area contributed by atoms with E-state index in [0.717, 1.165) is 11.3 Å². The number of esters is 1. The minimum atomic E-state index is -0.809. The number of aromatic nitrogens is 1. The van der Waals surface area contributed by atoms with Gasteiger partial charge < -0.3 is 9.84 Å². The van der Waals surface area contributed by atoms with E-state index in [1.807, 2.05) is 0 Å². The molecule has 1 aromatic heterocycles. The fourth-order valence-electron chi connectivity index (χ4n) is 3.62. The molecule has 3 aromatic rings. The van der Waals surface area contributed by atoms with Crippen molar-refractivity contribution in [2.45, 2.75) is 19.9 Å². The number of rotatable bonds is 4. The molecule has 0 aliphatic carbocycles. The number of benzene rings is 2. The van der Waals surface area contributed by atoms with E-state index >= 15 is 0 Å². The molecule has 10 heteroatoms. The third kappa shape index (κ3) is 4.40. The number of aromatic hydroxyl groups is 1. The zero-order valence-corrected chi connectivity index (χ0v) is 21.3. The maximum absolute atomic E-state index is 13.6. The van der Waals surface area contributed by atoms with Gasteiger partial charge in [0.05, 0.1) is 27.4 Å². The molecule has 6 nitrogen and oxygen atoms in total. The molecule has 0 fully saturated rings. The Labute approximate surface area is 211 Å². The van der Waals surface area contributed by atoms with E-state index < -0.39 is 12.0 Å². The number of hydrogen-bond donors (Lipinski definition) is 1. The van der Waals surface area contributed by atoms with Crippen LogP contribution in [-0.2, 0) is 9.53 Å². The van der Waals surface area contributed by atoms with Crippen molar-refractivity contribution < 1.29 is 14.6 Å². The Hall–Kier alpha value is -2.39. The van der Waals surface area contributed by atoms with Gasteiger partial charge in [-0.05, 0) is 43.7 Å². The average molecular weight is 568 g/mol. The Morgan fingerprint density at radius 3 is 2.73 bits per heavy atom. The van der Waals surface area contributed by atoms with Gasteiger partial charge in [0.25, 0.3) is 5.56 Å². The third-order valence-electron chi connectivity index (χ3n) is 5.06. The van der Waals surface area contributed by atoms with E-state index in [2.05, 4.69) is 20.9 Å².